The van der Waals surface area contributed by atoms with E-state index in [0.717, 1.165) is 50.2 Å². The maximum atomic E-state index is 13.8. The van der Waals surface area contributed by atoms with E-state index < -0.39 is 23.5 Å². The Morgan fingerprint density at radius 1 is 0.976 bits per heavy atom. The first-order valence-corrected chi connectivity index (χ1v) is 14.0. The zero-order valence-corrected chi connectivity index (χ0v) is 22.8. The van der Waals surface area contributed by atoms with Gasteiger partial charge >= 0.3 is 0 Å². The molecule has 0 aliphatic carbocycles. The second-order valence-electron chi connectivity index (χ2n) is 10.5. The van der Waals surface area contributed by atoms with Crippen LogP contribution in [-0.2, 0) is 16.1 Å². The first-order chi connectivity index (χ1) is 20.1. The number of ketones is 1. The highest BCUT2D eigenvalue weighted by Crippen LogP contribution is 2.40. The highest BCUT2D eigenvalue weighted by molar-refractivity contribution is 6.16. The van der Waals surface area contributed by atoms with Crippen LogP contribution in [0.25, 0.3) is 11.0 Å². The first-order valence-electron chi connectivity index (χ1n) is 14.0. The van der Waals surface area contributed by atoms with E-state index in [4.69, 9.17) is 13.9 Å². The van der Waals surface area contributed by atoms with Crippen LogP contribution in [-0.4, -0.2) is 61.1 Å². The molecule has 1 atom stereocenters. The van der Waals surface area contributed by atoms with Crippen molar-refractivity contribution in [2.24, 2.45) is 0 Å². The summed E-state index contributed by atoms with van der Waals surface area (Å²) in [5, 5.41) is 11.8. The lowest BCUT2D eigenvalue weighted by Crippen LogP contribution is -3.14. The molecular weight excluding hydrogens is 520 g/mol. The topological polar surface area (TPSA) is 93.7 Å². The molecule has 8 nitrogen and oxygen atoms in total. The summed E-state index contributed by atoms with van der Waals surface area (Å²) >= 11 is 0. The van der Waals surface area contributed by atoms with E-state index in [1.165, 1.54) is 4.90 Å². The van der Waals surface area contributed by atoms with Crippen molar-refractivity contribution < 1.29 is 33.5 Å². The van der Waals surface area contributed by atoms with Crippen molar-refractivity contribution in [3.8, 4) is 5.75 Å². The van der Waals surface area contributed by atoms with Crippen LogP contribution in [0.4, 0.5) is 0 Å². The SMILES string of the molecule is O=C(C1=C(O)C(=O)N(CCC[NH+]2CCOCC2)[C@H]1c1ccc(OCc2ccccc2)cc1)c1cc2ccccc2o1. The zero-order valence-electron chi connectivity index (χ0n) is 22.8. The van der Waals surface area contributed by atoms with Crippen molar-refractivity contribution in [3.63, 3.8) is 0 Å². The van der Waals surface area contributed by atoms with Crippen molar-refractivity contribution in [2.75, 3.05) is 39.4 Å². The highest BCUT2D eigenvalue weighted by atomic mass is 16.5. The molecule has 1 amide bonds. The summed E-state index contributed by atoms with van der Waals surface area (Å²) in [5.41, 5.74) is 2.37. The Morgan fingerprint density at radius 3 is 2.46 bits per heavy atom. The third kappa shape index (κ3) is 5.75. The third-order valence-corrected chi connectivity index (χ3v) is 7.77. The average molecular weight is 554 g/mol. The lowest BCUT2D eigenvalue weighted by Gasteiger charge is -2.28. The maximum absolute atomic E-state index is 13.8. The van der Waals surface area contributed by atoms with Crippen molar-refractivity contribution in [3.05, 3.63) is 113 Å². The van der Waals surface area contributed by atoms with Crippen LogP contribution in [0.15, 0.2) is 101 Å². The predicted octanol–water partition coefficient (Wildman–Crippen LogP) is 3.90. The Kier molecular flexibility index (Phi) is 7.84. The molecule has 0 saturated carbocycles. The summed E-state index contributed by atoms with van der Waals surface area (Å²) in [6.45, 7) is 5.03. The minimum absolute atomic E-state index is 0.0331. The van der Waals surface area contributed by atoms with E-state index in [9.17, 15) is 14.7 Å². The second-order valence-corrected chi connectivity index (χ2v) is 10.5. The molecule has 41 heavy (non-hydrogen) atoms. The number of morpholine rings is 1. The lowest BCUT2D eigenvalue weighted by molar-refractivity contribution is -0.908. The maximum Gasteiger partial charge on any atom is 0.290 e. The van der Waals surface area contributed by atoms with Crippen molar-refractivity contribution in [1.82, 2.24) is 4.90 Å². The number of aliphatic hydroxyl groups excluding tert-OH is 1. The molecule has 8 heteroatoms. The molecule has 0 spiro atoms. The summed E-state index contributed by atoms with van der Waals surface area (Å²) in [6, 6.07) is 25.5. The number of nitrogens with one attached hydrogen (secondary N) is 1. The molecule has 3 aromatic carbocycles. The summed E-state index contributed by atoms with van der Waals surface area (Å²) in [5.74, 6) is -0.807. The number of carbonyl (C=O) groups is 2. The van der Waals surface area contributed by atoms with Crippen LogP contribution in [0.2, 0.25) is 0 Å². The molecule has 2 N–H and O–H groups in total. The number of aliphatic hydroxyl groups is 1. The summed E-state index contributed by atoms with van der Waals surface area (Å²) in [4.78, 5) is 30.2. The molecule has 2 aliphatic heterocycles. The summed E-state index contributed by atoms with van der Waals surface area (Å²) in [6.07, 6.45) is 0.731. The Hall–Kier alpha value is -4.40. The molecule has 0 radical (unpaired) electrons. The van der Waals surface area contributed by atoms with Gasteiger partial charge in [0.05, 0.1) is 31.4 Å². The van der Waals surface area contributed by atoms with Gasteiger partial charge in [-0.3, -0.25) is 9.59 Å². The van der Waals surface area contributed by atoms with Gasteiger partial charge in [-0.05, 0) is 35.4 Å². The molecule has 3 heterocycles. The van der Waals surface area contributed by atoms with E-state index in [1.54, 1.807) is 17.0 Å². The van der Waals surface area contributed by atoms with Crippen molar-refractivity contribution >= 4 is 22.7 Å². The van der Waals surface area contributed by atoms with Crippen LogP contribution in [0.1, 0.15) is 34.1 Å². The molecule has 0 bridgehead atoms. The van der Waals surface area contributed by atoms with Gasteiger partial charge in [0.1, 0.15) is 31.0 Å². The van der Waals surface area contributed by atoms with Crippen molar-refractivity contribution in [2.45, 2.75) is 19.1 Å². The number of carbonyl (C=O) groups excluding carboxylic acids is 2. The zero-order chi connectivity index (χ0) is 28.2. The van der Waals surface area contributed by atoms with E-state index >= 15 is 0 Å². The molecule has 1 fully saturated rings. The molecule has 6 rings (SSSR count). The van der Waals surface area contributed by atoms with Gasteiger partial charge in [0.2, 0.25) is 5.78 Å². The molecule has 4 aromatic rings. The minimum Gasteiger partial charge on any atom is -0.503 e. The number of furan rings is 1. The van der Waals surface area contributed by atoms with Gasteiger partial charge in [-0.1, -0.05) is 60.7 Å². The number of rotatable bonds is 10. The normalized spacial score (nSPS) is 17.9. The van der Waals surface area contributed by atoms with Crippen LogP contribution in [0, 0.1) is 0 Å². The number of para-hydroxylation sites is 1. The number of hydrogen-bond donors (Lipinski definition) is 2. The Morgan fingerprint density at radius 2 is 1.71 bits per heavy atom. The van der Waals surface area contributed by atoms with Crippen molar-refractivity contribution in [1.29, 1.82) is 0 Å². The fourth-order valence-corrected chi connectivity index (χ4v) is 5.59. The van der Waals surface area contributed by atoms with Gasteiger partial charge in [0, 0.05) is 18.4 Å². The average Bonchev–Trinajstić information content (AvgIpc) is 3.56. The van der Waals surface area contributed by atoms with Gasteiger partial charge in [-0.25, -0.2) is 0 Å². The second kappa shape index (κ2) is 12.0. The molecule has 1 aromatic heterocycles. The molecule has 210 valence electrons. The number of nitrogens with zero attached hydrogens (tertiary/aromatic N) is 1. The minimum atomic E-state index is -0.744. The predicted molar refractivity (Wildman–Crippen MR) is 153 cm³/mol. The van der Waals surface area contributed by atoms with Gasteiger partial charge < -0.3 is 28.8 Å². The van der Waals surface area contributed by atoms with Crippen LogP contribution < -0.4 is 9.64 Å². The van der Waals surface area contributed by atoms with E-state index in [1.807, 2.05) is 72.8 Å². The van der Waals surface area contributed by atoms with Gasteiger partial charge in [0.25, 0.3) is 5.91 Å². The lowest BCUT2D eigenvalue weighted by atomic mass is 9.95. The summed E-state index contributed by atoms with van der Waals surface area (Å²) < 4.78 is 17.3. The van der Waals surface area contributed by atoms with Crippen LogP contribution >= 0.6 is 0 Å². The quantitative estimate of drug-likeness (QED) is 0.290. The van der Waals surface area contributed by atoms with Crippen LogP contribution in [0.3, 0.4) is 0 Å². The number of amides is 1. The molecule has 2 aliphatic rings. The molecule has 0 unspecified atom stereocenters. The number of Topliss-reactive ketones (excluding diaryl/α,β-unsaturated/α-hetero) is 1. The summed E-state index contributed by atoms with van der Waals surface area (Å²) in [7, 11) is 0. The monoisotopic (exact) mass is 553 g/mol. The Labute approximate surface area is 238 Å². The standard InChI is InChI=1S/C33H32N2O6/c36-31(28-21-25-9-4-5-10-27(25)41-28)29-30(24-11-13-26(14-12-24)40-22-23-7-2-1-3-8-23)35(33(38)32(29)37)16-6-15-34-17-19-39-20-18-34/h1-5,7-14,21,30,37H,6,15-20,22H2/p+1/t30-/m0/s1. The van der Waals surface area contributed by atoms with E-state index in [2.05, 4.69) is 0 Å². The fourth-order valence-electron chi connectivity index (χ4n) is 5.59. The number of fused-ring (bicyclic) bond motifs is 1. The van der Waals surface area contributed by atoms with Gasteiger partial charge in [-0.15, -0.1) is 0 Å². The smallest absolute Gasteiger partial charge is 0.290 e. The Balaban J connectivity index is 1.26. The van der Waals surface area contributed by atoms with E-state index in [0.29, 0.717) is 30.0 Å². The third-order valence-electron chi connectivity index (χ3n) is 7.77. The number of hydrogen-bond acceptors (Lipinski definition) is 6. The number of ether oxygens (including phenoxy) is 2. The number of benzene rings is 3. The largest absolute Gasteiger partial charge is 0.503 e. The highest BCUT2D eigenvalue weighted by Gasteiger charge is 2.44. The van der Waals surface area contributed by atoms with Gasteiger partial charge in [0.15, 0.2) is 11.5 Å². The molecular formula is C33H33N2O6+. The number of quaternary nitrogens is 1. The molecule has 1 saturated heterocycles. The van der Waals surface area contributed by atoms with Gasteiger partial charge in [-0.2, -0.15) is 0 Å². The first kappa shape index (κ1) is 26.8. The van der Waals surface area contributed by atoms with Crippen LogP contribution in [0.5, 0.6) is 5.75 Å². The fraction of sp³-hybridized carbons (Fsp3) is 0.273. The van der Waals surface area contributed by atoms with E-state index in [-0.39, 0.29) is 11.3 Å². The Bertz CT molecular complexity index is 1520.